The molecule has 2 atom stereocenters. The maximum absolute atomic E-state index is 12.8. The van der Waals surface area contributed by atoms with Gasteiger partial charge in [-0.05, 0) is 56.8 Å². The summed E-state index contributed by atoms with van der Waals surface area (Å²) in [6.45, 7) is 26.2. The van der Waals surface area contributed by atoms with Gasteiger partial charge in [0.15, 0.2) is 0 Å². The van der Waals surface area contributed by atoms with Crippen LogP contribution in [-0.4, -0.2) is 89.7 Å². The van der Waals surface area contributed by atoms with Gasteiger partial charge in [0.1, 0.15) is 11.9 Å². The van der Waals surface area contributed by atoms with Gasteiger partial charge in [0.05, 0.1) is 56.1 Å². The minimum absolute atomic E-state index is 0.251. The zero-order valence-corrected chi connectivity index (χ0v) is 64.7. The Morgan fingerprint density at radius 2 is 0.624 bits per heavy atom. The van der Waals surface area contributed by atoms with Gasteiger partial charge in [0.25, 0.3) is 0 Å². The van der Waals surface area contributed by atoms with E-state index in [-0.39, 0.29) is 12.8 Å². The molecule has 2 unspecified atom stereocenters. The molecule has 0 heterocycles. The Kier molecular flexibility index (Phi) is 44.5. The second-order valence-corrected chi connectivity index (χ2v) is 34.4. The summed E-state index contributed by atoms with van der Waals surface area (Å²) < 4.78 is 39.0. The minimum atomic E-state index is -3.06. The molecule has 0 fully saturated rings. The van der Waals surface area contributed by atoms with Crippen molar-refractivity contribution >= 4 is 34.4 Å². The second kappa shape index (κ2) is 46.8. The van der Waals surface area contributed by atoms with E-state index in [0.29, 0.717) is 24.2 Å². The van der Waals surface area contributed by atoms with Gasteiger partial charge >= 0.3 is 34.4 Å². The Balaban J connectivity index is 2.83. The molecule has 9 N–H and O–H groups in total. The lowest BCUT2D eigenvalue weighted by Crippen LogP contribution is -2.57. The SMILES string of the molecule is CCCCCCCCCCCCCCCCCCC(CCCCCCCCCCCCCCCCCC)(OP(O)OCC(COP(O)O)(COP(O)O)C(Oc1c(C(C)(C)C)cccc1C(C)(C)C)c1c(C(C)(C)C)cccc1C(C)(C)C)C(CO)(CO)COP(O)O. The first kappa shape index (κ1) is 88.5. The molecule has 0 spiro atoms. The smallest absolute Gasteiger partial charge is 0.330 e. The molecule has 0 aliphatic rings. The standard InChI is InChI=1S/C74H138O15P4/c1-15-17-19-21-23-25-27-29-31-33-35-37-39-41-43-45-53-74(73(55-75,56-76)60-86-92(81)82,54-46-44-42-40-38-36-34-32-30-28-26-24-22-20-18-16-2)89-93(83)87-59-72(57-84-90(77)78,58-85-91(79)80)67(65-61(68(3,4)5)49-47-50-62(65)69(6,7)8)88-66-63(70(9,10)11)51-48-52-64(66)71(12,13)14/h47-52,67,75-83H,15-46,53-60H2,1-14H3. The summed E-state index contributed by atoms with van der Waals surface area (Å²) in [7, 11) is -12.1. The Bertz CT molecular complexity index is 2090. The van der Waals surface area contributed by atoms with Crippen molar-refractivity contribution in [1.82, 2.24) is 0 Å². The van der Waals surface area contributed by atoms with Gasteiger partial charge in [-0.15, -0.1) is 0 Å². The van der Waals surface area contributed by atoms with Crippen molar-refractivity contribution in [3.05, 3.63) is 64.2 Å². The van der Waals surface area contributed by atoms with Gasteiger partial charge in [-0.1, -0.05) is 339 Å². The van der Waals surface area contributed by atoms with E-state index >= 15 is 0 Å². The van der Waals surface area contributed by atoms with Crippen molar-refractivity contribution in [2.45, 2.75) is 349 Å². The molecule has 544 valence electrons. The predicted octanol–water partition coefficient (Wildman–Crippen LogP) is 20.9. The van der Waals surface area contributed by atoms with Crippen LogP contribution < -0.4 is 4.74 Å². The first-order valence-corrected chi connectivity index (χ1v) is 40.9. The summed E-state index contributed by atoms with van der Waals surface area (Å²) in [5, 5.41) is 23.3. The molecule has 0 saturated heterocycles. The van der Waals surface area contributed by atoms with Crippen LogP contribution in [0.4, 0.5) is 0 Å². The Morgan fingerprint density at radius 1 is 0.355 bits per heavy atom. The van der Waals surface area contributed by atoms with E-state index in [4.69, 9.17) is 27.4 Å². The van der Waals surface area contributed by atoms with E-state index in [1.807, 2.05) is 36.4 Å². The molecule has 93 heavy (non-hydrogen) atoms. The molecule has 15 nitrogen and oxygen atoms in total. The Morgan fingerprint density at radius 3 is 0.903 bits per heavy atom. The van der Waals surface area contributed by atoms with Crippen LogP contribution in [0, 0.1) is 10.8 Å². The molecule has 0 aromatic heterocycles. The summed E-state index contributed by atoms with van der Waals surface area (Å²) in [4.78, 5) is 76.4. The molecule has 2 aromatic rings. The van der Waals surface area contributed by atoms with Gasteiger partial charge in [-0.25, -0.2) is 0 Å². The summed E-state index contributed by atoms with van der Waals surface area (Å²) in [5.74, 6) is 0.559. The molecular weight excluding hydrogens is 1250 g/mol. The Labute approximate surface area is 572 Å². The molecule has 0 bridgehead atoms. The largest absolute Gasteiger partial charge is 0.484 e. The third-order valence-corrected chi connectivity index (χ3v) is 20.9. The van der Waals surface area contributed by atoms with E-state index < -0.39 is 118 Å². The van der Waals surface area contributed by atoms with Crippen molar-refractivity contribution < 1.29 is 71.8 Å². The highest BCUT2D eigenvalue weighted by molar-refractivity contribution is 7.40. The van der Waals surface area contributed by atoms with Crippen molar-refractivity contribution in [1.29, 1.82) is 0 Å². The first-order chi connectivity index (χ1) is 43.9. The van der Waals surface area contributed by atoms with Crippen molar-refractivity contribution in [3.8, 4) is 5.75 Å². The number of hydrogen-bond donors (Lipinski definition) is 9. The fourth-order valence-electron chi connectivity index (χ4n) is 13.2. The van der Waals surface area contributed by atoms with Crippen LogP contribution in [0.15, 0.2) is 36.4 Å². The molecule has 2 aromatic carbocycles. The number of para-hydroxylation sites is 1. The predicted molar refractivity (Wildman–Crippen MR) is 389 cm³/mol. The lowest BCUT2D eigenvalue weighted by atomic mass is 9.68. The van der Waals surface area contributed by atoms with Crippen molar-refractivity contribution in [3.63, 3.8) is 0 Å². The Hall–Kier alpha value is -0.600. The molecule has 0 aliphatic carbocycles. The molecule has 2 rings (SSSR count). The number of hydrogen-bond acceptors (Lipinski definition) is 15. The zero-order valence-electron chi connectivity index (χ0n) is 61.1. The van der Waals surface area contributed by atoms with E-state index in [1.165, 1.54) is 141 Å². The van der Waals surface area contributed by atoms with Gasteiger partial charge < -0.3 is 71.8 Å². The van der Waals surface area contributed by atoms with Crippen LogP contribution in [-0.2, 0) is 44.3 Å². The van der Waals surface area contributed by atoms with Crippen LogP contribution in [0.2, 0.25) is 0 Å². The number of aliphatic hydroxyl groups is 2. The van der Waals surface area contributed by atoms with Crippen LogP contribution >= 0.6 is 34.4 Å². The van der Waals surface area contributed by atoms with Gasteiger partial charge in [-0.2, -0.15) is 0 Å². The lowest BCUT2D eigenvalue weighted by molar-refractivity contribution is -0.150. The number of ether oxygens (including phenoxy) is 1. The fraction of sp³-hybridized carbons (Fsp3) is 0.838. The highest BCUT2D eigenvalue weighted by atomic mass is 31.2. The van der Waals surface area contributed by atoms with Crippen molar-refractivity contribution in [2.24, 2.45) is 10.8 Å². The van der Waals surface area contributed by atoms with E-state index in [2.05, 4.69) is 96.9 Å². The van der Waals surface area contributed by atoms with Crippen LogP contribution in [0.1, 0.15) is 349 Å². The molecule has 19 heteroatoms. The number of unbranched alkanes of at least 4 members (excludes halogenated alkanes) is 30. The highest BCUT2D eigenvalue weighted by Gasteiger charge is 2.55. The molecule has 0 aliphatic heterocycles. The number of rotatable bonds is 55. The third kappa shape index (κ3) is 33.6. The van der Waals surface area contributed by atoms with Gasteiger partial charge in [0, 0.05) is 5.56 Å². The molecule has 0 amide bonds. The lowest BCUT2D eigenvalue weighted by Gasteiger charge is -2.49. The maximum Gasteiger partial charge on any atom is 0.330 e. The maximum atomic E-state index is 12.8. The average Bonchev–Trinajstić information content (AvgIpc) is 0.749. The highest BCUT2D eigenvalue weighted by Crippen LogP contribution is 2.56. The zero-order chi connectivity index (χ0) is 69.6. The van der Waals surface area contributed by atoms with Crippen LogP contribution in [0.3, 0.4) is 0 Å². The summed E-state index contributed by atoms with van der Waals surface area (Å²) in [6, 6.07) is 12.2. The average molecular weight is 1390 g/mol. The first-order valence-electron chi connectivity index (χ1n) is 36.3. The third-order valence-electron chi connectivity index (χ3n) is 19.0. The van der Waals surface area contributed by atoms with E-state index in [1.54, 1.807) is 0 Å². The normalized spacial score (nSPS) is 14.0. The topological polar surface area (TPSA) is 237 Å². The van der Waals surface area contributed by atoms with Crippen LogP contribution in [0.5, 0.6) is 5.75 Å². The van der Waals surface area contributed by atoms with Crippen LogP contribution in [0.25, 0.3) is 0 Å². The van der Waals surface area contributed by atoms with E-state index in [9.17, 15) is 44.5 Å². The number of benzene rings is 2. The summed E-state index contributed by atoms with van der Waals surface area (Å²) in [5.41, 5.74) is -2.81. The van der Waals surface area contributed by atoms with Crippen molar-refractivity contribution in [2.75, 3.05) is 39.6 Å². The monoisotopic (exact) mass is 1390 g/mol. The molecule has 0 radical (unpaired) electrons. The fourth-order valence-corrected chi connectivity index (χ4v) is 15.4. The van der Waals surface area contributed by atoms with Gasteiger partial charge in [-0.3, -0.25) is 0 Å². The quantitative estimate of drug-likeness (QED) is 0.0221. The number of aliphatic hydroxyl groups excluding tert-OH is 2. The minimum Gasteiger partial charge on any atom is -0.484 e. The summed E-state index contributed by atoms with van der Waals surface area (Å²) >= 11 is 0. The second-order valence-electron chi connectivity index (χ2n) is 31.2. The van der Waals surface area contributed by atoms with E-state index in [0.717, 1.165) is 73.6 Å². The molecular formula is C74H138O15P4. The van der Waals surface area contributed by atoms with Gasteiger partial charge in [0.2, 0.25) is 0 Å². The summed E-state index contributed by atoms with van der Waals surface area (Å²) in [6.07, 6.45) is 36.7. The molecule has 0 saturated carbocycles.